The molecule has 0 saturated carbocycles. The van der Waals surface area contributed by atoms with Gasteiger partial charge in [-0.3, -0.25) is 4.79 Å². The largest absolute Gasteiger partial charge is 0.455 e. The molecule has 1 aromatic carbocycles. The lowest BCUT2D eigenvalue weighted by Crippen LogP contribution is -2.44. The Labute approximate surface area is 145 Å². The second-order valence-corrected chi connectivity index (χ2v) is 6.78. The molecule has 128 valence electrons. The van der Waals surface area contributed by atoms with Crippen molar-refractivity contribution in [2.45, 2.75) is 24.6 Å². The minimum atomic E-state index is -0.222. The average Bonchev–Trinajstić information content (AvgIpc) is 3.06. The van der Waals surface area contributed by atoms with Crippen molar-refractivity contribution in [1.82, 2.24) is 5.32 Å². The van der Waals surface area contributed by atoms with Crippen molar-refractivity contribution in [3.05, 3.63) is 53.7 Å². The van der Waals surface area contributed by atoms with Crippen molar-refractivity contribution >= 4 is 23.4 Å². The highest BCUT2D eigenvalue weighted by molar-refractivity contribution is 7.97. The SMILES string of the molecule is CSCc1ccc(C(=O)NC2CCN(c3ccc(F)cc3)CC2)o1. The zero-order valence-corrected chi connectivity index (χ0v) is 14.4. The third-order valence-corrected chi connectivity index (χ3v) is 4.77. The fourth-order valence-corrected chi connectivity index (χ4v) is 3.35. The Morgan fingerprint density at radius 3 is 2.62 bits per heavy atom. The van der Waals surface area contributed by atoms with Crippen LogP contribution in [0.4, 0.5) is 10.1 Å². The summed E-state index contributed by atoms with van der Waals surface area (Å²) in [4.78, 5) is 14.5. The van der Waals surface area contributed by atoms with E-state index in [-0.39, 0.29) is 17.8 Å². The number of piperidine rings is 1. The van der Waals surface area contributed by atoms with Crippen LogP contribution in [0.15, 0.2) is 40.8 Å². The summed E-state index contributed by atoms with van der Waals surface area (Å²) in [5.41, 5.74) is 1.02. The number of benzene rings is 1. The number of amides is 1. The lowest BCUT2D eigenvalue weighted by atomic mass is 10.0. The summed E-state index contributed by atoms with van der Waals surface area (Å²) in [7, 11) is 0. The summed E-state index contributed by atoms with van der Waals surface area (Å²) in [6.45, 7) is 1.68. The number of nitrogens with zero attached hydrogens (tertiary/aromatic N) is 1. The van der Waals surface area contributed by atoms with Gasteiger partial charge in [0.1, 0.15) is 11.6 Å². The number of halogens is 1. The van der Waals surface area contributed by atoms with Crippen molar-refractivity contribution in [3.8, 4) is 0 Å². The van der Waals surface area contributed by atoms with Crippen molar-refractivity contribution in [1.29, 1.82) is 0 Å². The molecule has 1 amide bonds. The molecule has 1 aliphatic rings. The summed E-state index contributed by atoms with van der Waals surface area (Å²) in [5.74, 6) is 1.59. The molecule has 3 rings (SSSR count). The minimum Gasteiger partial charge on any atom is -0.455 e. The smallest absolute Gasteiger partial charge is 0.287 e. The molecule has 2 heterocycles. The van der Waals surface area contributed by atoms with Gasteiger partial charge in [-0.05, 0) is 55.5 Å². The van der Waals surface area contributed by atoms with Gasteiger partial charge in [-0.2, -0.15) is 11.8 Å². The van der Waals surface area contributed by atoms with E-state index < -0.39 is 0 Å². The molecule has 1 fully saturated rings. The first kappa shape index (κ1) is 16.9. The highest BCUT2D eigenvalue weighted by Gasteiger charge is 2.22. The van der Waals surface area contributed by atoms with Crippen molar-refractivity contribution < 1.29 is 13.6 Å². The first-order valence-electron chi connectivity index (χ1n) is 8.05. The number of thioether (sulfide) groups is 1. The normalized spacial score (nSPS) is 15.5. The quantitative estimate of drug-likeness (QED) is 0.895. The number of rotatable bonds is 5. The predicted octanol–water partition coefficient (Wildman–Crippen LogP) is 3.68. The van der Waals surface area contributed by atoms with Crippen LogP contribution in [0.25, 0.3) is 0 Å². The van der Waals surface area contributed by atoms with Gasteiger partial charge in [-0.15, -0.1) is 0 Å². The Morgan fingerprint density at radius 1 is 1.25 bits per heavy atom. The number of hydrogen-bond donors (Lipinski definition) is 1. The van der Waals surface area contributed by atoms with Gasteiger partial charge in [0.2, 0.25) is 0 Å². The van der Waals surface area contributed by atoms with Gasteiger partial charge in [0, 0.05) is 24.8 Å². The van der Waals surface area contributed by atoms with Crippen LogP contribution in [-0.2, 0) is 5.75 Å². The maximum atomic E-state index is 13.0. The summed E-state index contributed by atoms with van der Waals surface area (Å²) < 4.78 is 18.5. The molecular formula is C18H21FN2O2S. The Balaban J connectivity index is 1.51. The molecule has 0 bridgehead atoms. The van der Waals surface area contributed by atoms with E-state index in [4.69, 9.17) is 4.42 Å². The molecule has 1 N–H and O–H groups in total. The van der Waals surface area contributed by atoms with Gasteiger partial charge in [0.25, 0.3) is 5.91 Å². The molecule has 1 aliphatic heterocycles. The van der Waals surface area contributed by atoms with E-state index in [1.54, 1.807) is 30.0 Å². The number of hydrogen-bond acceptors (Lipinski definition) is 4. The molecule has 1 aromatic heterocycles. The molecule has 0 spiro atoms. The Bertz CT molecular complexity index is 679. The molecule has 2 aromatic rings. The van der Waals surface area contributed by atoms with E-state index in [2.05, 4.69) is 10.2 Å². The molecule has 1 saturated heterocycles. The van der Waals surface area contributed by atoms with Gasteiger partial charge < -0.3 is 14.6 Å². The Hall–Kier alpha value is -1.95. The Kier molecular flexibility index (Phi) is 5.45. The zero-order valence-electron chi connectivity index (χ0n) is 13.6. The second-order valence-electron chi connectivity index (χ2n) is 5.91. The van der Waals surface area contributed by atoms with Gasteiger partial charge in [-0.1, -0.05) is 0 Å². The van der Waals surface area contributed by atoms with Gasteiger partial charge >= 0.3 is 0 Å². The predicted molar refractivity (Wildman–Crippen MR) is 95.0 cm³/mol. The van der Waals surface area contributed by atoms with Crippen LogP contribution < -0.4 is 10.2 Å². The molecule has 0 aliphatic carbocycles. The number of carbonyl (C=O) groups is 1. The minimum absolute atomic E-state index is 0.142. The molecule has 6 heteroatoms. The molecule has 24 heavy (non-hydrogen) atoms. The van der Waals surface area contributed by atoms with Gasteiger partial charge in [0.15, 0.2) is 5.76 Å². The van der Waals surface area contributed by atoms with Crippen molar-refractivity contribution in [2.75, 3.05) is 24.2 Å². The van der Waals surface area contributed by atoms with Crippen LogP contribution in [0.1, 0.15) is 29.2 Å². The maximum Gasteiger partial charge on any atom is 0.287 e. The molecular weight excluding hydrogens is 327 g/mol. The number of furan rings is 1. The lowest BCUT2D eigenvalue weighted by molar-refractivity contribution is 0.0901. The van der Waals surface area contributed by atoms with Crippen LogP contribution in [0.2, 0.25) is 0 Å². The van der Waals surface area contributed by atoms with Gasteiger partial charge in [0.05, 0.1) is 5.75 Å². The summed E-state index contributed by atoms with van der Waals surface area (Å²) in [5, 5.41) is 3.05. The van der Waals surface area contributed by atoms with E-state index in [0.29, 0.717) is 5.76 Å². The van der Waals surface area contributed by atoms with Crippen LogP contribution in [0, 0.1) is 5.82 Å². The van der Waals surface area contributed by atoms with Crippen LogP contribution in [0.3, 0.4) is 0 Å². The lowest BCUT2D eigenvalue weighted by Gasteiger charge is -2.33. The molecule has 0 atom stereocenters. The van der Waals surface area contributed by atoms with E-state index in [1.165, 1.54) is 12.1 Å². The third kappa shape index (κ3) is 4.12. The fourth-order valence-electron chi connectivity index (χ4n) is 2.91. The van der Waals surface area contributed by atoms with Gasteiger partial charge in [-0.25, -0.2) is 4.39 Å². The summed E-state index contributed by atoms with van der Waals surface area (Å²) in [6, 6.07) is 10.3. The van der Waals surface area contributed by atoms with Crippen molar-refractivity contribution in [3.63, 3.8) is 0 Å². The zero-order chi connectivity index (χ0) is 16.9. The standard InChI is InChI=1S/C18H21FN2O2S/c1-24-12-16-6-7-17(23-16)18(22)20-14-8-10-21(11-9-14)15-4-2-13(19)3-5-15/h2-7,14H,8-12H2,1H3,(H,20,22). The van der Waals surface area contributed by atoms with E-state index in [0.717, 1.165) is 43.1 Å². The van der Waals surface area contributed by atoms with E-state index >= 15 is 0 Å². The number of anilines is 1. The summed E-state index contributed by atoms with van der Waals surface area (Å²) in [6.07, 6.45) is 3.72. The highest BCUT2D eigenvalue weighted by atomic mass is 32.2. The first-order chi connectivity index (χ1) is 11.7. The maximum absolute atomic E-state index is 13.0. The Morgan fingerprint density at radius 2 is 1.96 bits per heavy atom. The average molecular weight is 348 g/mol. The van der Waals surface area contributed by atoms with Crippen molar-refractivity contribution in [2.24, 2.45) is 0 Å². The van der Waals surface area contributed by atoms with E-state index in [9.17, 15) is 9.18 Å². The monoisotopic (exact) mass is 348 g/mol. The molecule has 0 unspecified atom stereocenters. The van der Waals surface area contributed by atoms with Crippen LogP contribution in [-0.4, -0.2) is 31.3 Å². The van der Waals surface area contributed by atoms with Crippen LogP contribution in [0.5, 0.6) is 0 Å². The molecule has 4 nitrogen and oxygen atoms in total. The topological polar surface area (TPSA) is 45.5 Å². The first-order valence-corrected chi connectivity index (χ1v) is 9.44. The van der Waals surface area contributed by atoms with Crippen LogP contribution >= 0.6 is 11.8 Å². The van der Waals surface area contributed by atoms with E-state index in [1.807, 2.05) is 12.3 Å². The second kappa shape index (κ2) is 7.75. The fraction of sp³-hybridized carbons (Fsp3) is 0.389. The third-order valence-electron chi connectivity index (χ3n) is 4.19. The number of nitrogens with one attached hydrogen (secondary N) is 1. The molecule has 0 radical (unpaired) electrons. The summed E-state index contributed by atoms with van der Waals surface area (Å²) >= 11 is 1.66. The number of carbonyl (C=O) groups excluding carboxylic acids is 1. The highest BCUT2D eigenvalue weighted by Crippen LogP contribution is 2.21.